The van der Waals surface area contributed by atoms with E-state index in [1.54, 1.807) is 47.2 Å². The average molecular weight is 449 g/mol. The minimum absolute atomic E-state index is 0.160. The number of hydrogen-bond acceptors (Lipinski definition) is 6. The van der Waals surface area contributed by atoms with Crippen LogP contribution in [0.1, 0.15) is 24.1 Å². The van der Waals surface area contributed by atoms with Gasteiger partial charge in [0, 0.05) is 17.2 Å². The number of rotatable bonds is 5. The quantitative estimate of drug-likeness (QED) is 0.570. The molecule has 1 atom stereocenters. The number of ether oxygens (including phenoxy) is 2. The van der Waals surface area contributed by atoms with Gasteiger partial charge in [0.2, 0.25) is 0 Å². The van der Waals surface area contributed by atoms with Crippen LogP contribution >= 0.6 is 34.7 Å². The zero-order valence-electron chi connectivity index (χ0n) is 16.0. The third-order valence-corrected chi connectivity index (χ3v) is 6.90. The van der Waals surface area contributed by atoms with Crippen molar-refractivity contribution in [3.05, 3.63) is 51.3 Å². The normalized spacial score (nSPS) is 21.0. The van der Waals surface area contributed by atoms with Crippen LogP contribution in [0.25, 0.3) is 6.08 Å². The molecule has 0 bridgehead atoms. The highest BCUT2D eigenvalue weighted by Gasteiger charge is 2.33. The Morgan fingerprint density at radius 3 is 3.00 bits per heavy atom. The van der Waals surface area contributed by atoms with Crippen molar-refractivity contribution in [1.82, 2.24) is 0 Å². The van der Waals surface area contributed by atoms with Crippen molar-refractivity contribution in [3.8, 4) is 5.75 Å². The van der Waals surface area contributed by atoms with Gasteiger partial charge in [-0.1, -0.05) is 29.4 Å². The van der Waals surface area contributed by atoms with E-state index in [4.69, 9.17) is 21.1 Å². The summed E-state index contributed by atoms with van der Waals surface area (Å²) in [7, 11) is 1.57. The summed E-state index contributed by atoms with van der Waals surface area (Å²) < 4.78 is 11.1. The SMILES string of the molecule is COc1ccc(N2C(=O)/C(=C\c3cccs3)N=C2SCC2CCCCO2)cc1Cl. The number of carbonyl (C=O) groups is 1. The number of thiophene rings is 1. The topological polar surface area (TPSA) is 51.1 Å². The number of nitrogens with zero attached hydrogens (tertiary/aromatic N) is 2. The first-order valence-electron chi connectivity index (χ1n) is 9.42. The molecule has 0 saturated carbocycles. The molecule has 0 aliphatic carbocycles. The molecule has 1 fully saturated rings. The highest BCUT2D eigenvalue weighted by molar-refractivity contribution is 8.14. The summed E-state index contributed by atoms with van der Waals surface area (Å²) in [5, 5.41) is 3.08. The summed E-state index contributed by atoms with van der Waals surface area (Å²) in [5.74, 6) is 1.17. The van der Waals surface area contributed by atoms with Crippen molar-refractivity contribution in [2.75, 3.05) is 24.4 Å². The molecule has 2 aliphatic heterocycles. The number of methoxy groups -OCH3 is 1. The second-order valence-electron chi connectivity index (χ2n) is 6.70. The fourth-order valence-corrected chi connectivity index (χ4v) is 5.21. The Morgan fingerprint density at radius 1 is 1.41 bits per heavy atom. The van der Waals surface area contributed by atoms with E-state index in [2.05, 4.69) is 4.99 Å². The van der Waals surface area contributed by atoms with Crippen molar-refractivity contribution in [2.45, 2.75) is 25.4 Å². The minimum Gasteiger partial charge on any atom is -0.495 e. The van der Waals surface area contributed by atoms with Crippen molar-refractivity contribution >= 4 is 57.5 Å². The molecule has 1 amide bonds. The van der Waals surface area contributed by atoms with Gasteiger partial charge in [0.25, 0.3) is 5.91 Å². The lowest BCUT2D eigenvalue weighted by atomic mass is 10.1. The Kier molecular flexibility index (Phi) is 6.60. The fraction of sp³-hybridized carbons (Fsp3) is 0.333. The molecule has 1 saturated heterocycles. The Balaban J connectivity index is 1.62. The van der Waals surface area contributed by atoms with Gasteiger partial charge >= 0.3 is 0 Å². The smallest absolute Gasteiger partial charge is 0.283 e. The molecule has 3 heterocycles. The number of aliphatic imine (C=N–C) groups is 1. The summed E-state index contributed by atoms with van der Waals surface area (Å²) in [6.45, 7) is 0.804. The van der Waals surface area contributed by atoms with Gasteiger partial charge in [0.05, 0.1) is 23.9 Å². The fourth-order valence-electron chi connectivity index (χ4n) is 3.23. The van der Waals surface area contributed by atoms with E-state index in [-0.39, 0.29) is 12.0 Å². The van der Waals surface area contributed by atoms with Gasteiger partial charge in [0.1, 0.15) is 11.4 Å². The molecule has 29 heavy (non-hydrogen) atoms. The third-order valence-electron chi connectivity index (χ3n) is 4.72. The van der Waals surface area contributed by atoms with Gasteiger partial charge < -0.3 is 9.47 Å². The molecule has 5 nitrogen and oxygen atoms in total. The Labute approximate surface area is 183 Å². The van der Waals surface area contributed by atoms with E-state index in [1.807, 2.05) is 29.7 Å². The Hall–Kier alpha value is -1.80. The number of amides is 1. The highest BCUT2D eigenvalue weighted by atomic mass is 35.5. The van der Waals surface area contributed by atoms with Gasteiger partial charge in [-0.3, -0.25) is 9.69 Å². The van der Waals surface area contributed by atoms with Crippen LogP contribution in [0, 0.1) is 0 Å². The molecule has 1 unspecified atom stereocenters. The number of amidine groups is 1. The maximum absolute atomic E-state index is 13.2. The monoisotopic (exact) mass is 448 g/mol. The number of hydrogen-bond donors (Lipinski definition) is 0. The first-order chi connectivity index (χ1) is 14.2. The van der Waals surface area contributed by atoms with Gasteiger partial charge in [-0.2, -0.15) is 0 Å². The molecule has 152 valence electrons. The number of halogens is 1. The number of benzene rings is 1. The molecule has 0 radical (unpaired) electrons. The van der Waals surface area contributed by atoms with Crippen LogP contribution in [0.15, 0.2) is 46.4 Å². The number of thioether (sulfide) groups is 1. The zero-order chi connectivity index (χ0) is 20.2. The van der Waals surface area contributed by atoms with Crippen LogP contribution in [0.3, 0.4) is 0 Å². The maximum atomic E-state index is 13.2. The summed E-state index contributed by atoms with van der Waals surface area (Å²) in [4.78, 5) is 20.5. The molecule has 1 aromatic heterocycles. The first kappa shape index (κ1) is 20.5. The molecule has 8 heteroatoms. The van der Waals surface area contributed by atoms with Crippen LogP contribution in [0.4, 0.5) is 5.69 Å². The van der Waals surface area contributed by atoms with E-state index in [0.717, 1.165) is 30.1 Å². The van der Waals surface area contributed by atoms with Crippen LogP contribution in [0.2, 0.25) is 5.02 Å². The van der Waals surface area contributed by atoms with Gasteiger partial charge in [-0.25, -0.2) is 4.99 Å². The minimum atomic E-state index is -0.160. The van der Waals surface area contributed by atoms with E-state index in [0.29, 0.717) is 27.3 Å². The molecular weight excluding hydrogens is 428 g/mol. The van der Waals surface area contributed by atoms with Gasteiger partial charge in [-0.05, 0) is 55.0 Å². The zero-order valence-corrected chi connectivity index (χ0v) is 18.4. The molecule has 1 aromatic carbocycles. The summed E-state index contributed by atoms with van der Waals surface area (Å²) in [5.41, 5.74) is 1.10. The van der Waals surface area contributed by atoms with Crippen LogP contribution in [-0.4, -0.2) is 36.6 Å². The Morgan fingerprint density at radius 2 is 2.31 bits per heavy atom. The van der Waals surface area contributed by atoms with E-state index in [1.165, 1.54) is 6.42 Å². The molecule has 0 N–H and O–H groups in total. The highest BCUT2D eigenvalue weighted by Crippen LogP contribution is 2.35. The summed E-state index contributed by atoms with van der Waals surface area (Å²) >= 11 is 9.43. The van der Waals surface area contributed by atoms with Gasteiger partial charge in [0.15, 0.2) is 5.17 Å². The summed E-state index contributed by atoms with van der Waals surface area (Å²) in [6, 6.07) is 9.25. The largest absolute Gasteiger partial charge is 0.495 e. The lowest BCUT2D eigenvalue weighted by molar-refractivity contribution is -0.113. The van der Waals surface area contributed by atoms with E-state index >= 15 is 0 Å². The standard InChI is InChI=1S/C21H21ClN2O3S2/c1-26-19-8-7-14(11-17(19)22)24-20(25)18(12-16-6-4-10-28-16)23-21(24)29-13-15-5-2-3-9-27-15/h4,6-8,10-12,15H,2-3,5,9,13H2,1H3/b18-12+. The predicted octanol–water partition coefficient (Wildman–Crippen LogP) is 5.46. The van der Waals surface area contributed by atoms with Crippen LogP contribution < -0.4 is 9.64 Å². The molecule has 2 aromatic rings. The summed E-state index contributed by atoms with van der Waals surface area (Å²) in [6.07, 6.45) is 5.36. The molecule has 2 aliphatic rings. The second-order valence-corrected chi connectivity index (χ2v) is 9.07. The van der Waals surface area contributed by atoms with Gasteiger partial charge in [-0.15, -0.1) is 11.3 Å². The molecular formula is C21H21ClN2O3S2. The first-order valence-corrected chi connectivity index (χ1v) is 11.7. The lowest BCUT2D eigenvalue weighted by Gasteiger charge is -2.24. The van der Waals surface area contributed by atoms with Crippen molar-refractivity contribution in [2.24, 2.45) is 4.99 Å². The maximum Gasteiger partial charge on any atom is 0.283 e. The lowest BCUT2D eigenvalue weighted by Crippen LogP contribution is -2.31. The van der Waals surface area contributed by atoms with Crippen molar-refractivity contribution < 1.29 is 14.3 Å². The van der Waals surface area contributed by atoms with Crippen molar-refractivity contribution in [3.63, 3.8) is 0 Å². The van der Waals surface area contributed by atoms with E-state index in [9.17, 15) is 4.79 Å². The van der Waals surface area contributed by atoms with Crippen LogP contribution in [0.5, 0.6) is 5.75 Å². The molecule has 0 spiro atoms. The van der Waals surface area contributed by atoms with Crippen molar-refractivity contribution in [1.29, 1.82) is 0 Å². The number of carbonyl (C=O) groups excluding carboxylic acids is 1. The number of anilines is 1. The Bertz CT molecular complexity index is 937. The van der Waals surface area contributed by atoms with Crippen LogP contribution in [-0.2, 0) is 9.53 Å². The average Bonchev–Trinajstić information content (AvgIpc) is 3.35. The molecule has 4 rings (SSSR count). The third kappa shape index (κ3) is 4.69. The van der Waals surface area contributed by atoms with E-state index < -0.39 is 0 Å². The predicted molar refractivity (Wildman–Crippen MR) is 121 cm³/mol. The second kappa shape index (κ2) is 9.34.